The van der Waals surface area contributed by atoms with Crippen molar-refractivity contribution < 1.29 is 19.4 Å². The number of thiophene rings is 1. The van der Waals surface area contributed by atoms with Gasteiger partial charge < -0.3 is 20.5 Å². The smallest absolute Gasteiger partial charge is 0.408 e. The lowest BCUT2D eigenvalue weighted by Gasteiger charge is -2.36. The van der Waals surface area contributed by atoms with Gasteiger partial charge in [-0.15, -0.1) is 22.7 Å². The zero-order chi connectivity index (χ0) is 24.4. The molecule has 0 saturated carbocycles. The molecule has 4 rings (SSSR count). The van der Waals surface area contributed by atoms with Crippen LogP contribution in [0.15, 0.2) is 22.7 Å². The normalized spacial score (nSPS) is 17.7. The van der Waals surface area contributed by atoms with E-state index in [0.29, 0.717) is 32.5 Å². The van der Waals surface area contributed by atoms with E-state index in [4.69, 9.17) is 9.72 Å². The molecule has 182 valence electrons. The fraction of sp³-hybridized carbons (Fsp3) is 0.435. The third-order valence-corrected chi connectivity index (χ3v) is 8.72. The van der Waals surface area contributed by atoms with E-state index in [1.807, 2.05) is 32.0 Å². The molecule has 0 bridgehead atoms. The summed E-state index contributed by atoms with van der Waals surface area (Å²) in [5, 5.41) is 17.6. The maximum atomic E-state index is 12.8. The van der Waals surface area contributed by atoms with Crippen LogP contribution in [-0.2, 0) is 16.0 Å². The number of ether oxygens (including phenoxy) is 1. The van der Waals surface area contributed by atoms with Crippen LogP contribution < -0.4 is 10.6 Å². The number of carboxylic acid groups (broad SMARTS) is 1. The molecule has 0 saturated heterocycles. The van der Waals surface area contributed by atoms with Crippen LogP contribution in [0.3, 0.4) is 0 Å². The summed E-state index contributed by atoms with van der Waals surface area (Å²) >= 11 is 6.55. The van der Waals surface area contributed by atoms with Crippen molar-refractivity contribution in [2.75, 3.05) is 32.1 Å². The fourth-order valence-electron chi connectivity index (χ4n) is 4.29. The number of carbonyl (C=O) groups excluding carboxylic acids is 1. The topological polar surface area (TPSA) is 104 Å². The molecule has 1 aromatic carbocycles. The van der Waals surface area contributed by atoms with Crippen LogP contribution >= 0.6 is 38.6 Å². The van der Waals surface area contributed by atoms with Gasteiger partial charge in [0.2, 0.25) is 5.91 Å². The molecule has 2 aromatic heterocycles. The number of amides is 2. The highest BCUT2D eigenvalue weighted by molar-refractivity contribution is 9.10. The first-order chi connectivity index (χ1) is 16.3. The summed E-state index contributed by atoms with van der Waals surface area (Å²) in [6, 6.07) is 5.52. The number of thiazole rings is 1. The molecule has 2 amide bonds. The van der Waals surface area contributed by atoms with Crippen molar-refractivity contribution in [3.63, 3.8) is 0 Å². The Kier molecular flexibility index (Phi) is 7.88. The summed E-state index contributed by atoms with van der Waals surface area (Å²) in [5.74, 6) is -0.0931. The number of benzene rings is 1. The Balaban J connectivity index is 1.70. The van der Waals surface area contributed by atoms with Gasteiger partial charge >= 0.3 is 6.09 Å². The summed E-state index contributed by atoms with van der Waals surface area (Å²) in [6.07, 6.45) is -0.0319. The largest absolute Gasteiger partial charge is 0.465 e. The van der Waals surface area contributed by atoms with E-state index in [1.54, 1.807) is 18.4 Å². The van der Waals surface area contributed by atoms with Crippen molar-refractivity contribution in [1.29, 1.82) is 0 Å². The minimum Gasteiger partial charge on any atom is -0.465 e. The lowest BCUT2D eigenvalue weighted by Crippen LogP contribution is -2.43. The fourth-order valence-corrected chi connectivity index (χ4v) is 7.03. The standard InChI is InChI=1S/C23H27BrN4O4S2/c1-12-10-15-19(21-26-16-11-14(24)4-5-17(16)33-21)22(27-18(29)6-7-25-8-9-32-3)34-20(15)13(2)28(12)23(30)31/h4-5,11-13,25H,6-10H2,1-3H3,(H,27,29)(H,30,31). The molecule has 0 aliphatic carbocycles. The number of hydrogen-bond donors (Lipinski definition) is 3. The molecule has 0 radical (unpaired) electrons. The first-order valence-corrected chi connectivity index (χ1v) is 13.5. The second-order valence-electron chi connectivity index (χ2n) is 8.24. The van der Waals surface area contributed by atoms with Gasteiger partial charge in [-0.1, -0.05) is 15.9 Å². The van der Waals surface area contributed by atoms with E-state index in [9.17, 15) is 14.7 Å². The summed E-state index contributed by atoms with van der Waals surface area (Å²) < 4.78 is 7.03. The van der Waals surface area contributed by atoms with Crippen LogP contribution in [0.2, 0.25) is 0 Å². The Bertz CT molecular complexity index is 1210. The molecule has 3 heterocycles. The third-order valence-electron chi connectivity index (χ3n) is 5.86. The predicted octanol–water partition coefficient (Wildman–Crippen LogP) is 5.34. The number of methoxy groups -OCH3 is 1. The van der Waals surface area contributed by atoms with E-state index in [1.165, 1.54) is 16.2 Å². The molecule has 0 spiro atoms. The Hall–Kier alpha value is -2.05. The maximum Gasteiger partial charge on any atom is 0.408 e. The quantitative estimate of drug-likeness (QED) is 0.318. The van der Waals surface area contributed by atoms with Gasteiger partial charge in [0.1, 0.15) is 10.0 Å². The molecule has 3 N–H and O–H groups in total. The van der Waals surface area contributed by atoms with Crippen molar-refractivity contribution in [3.8, 4) is 10.6 Å². The second-order valence-corrected chi connectivity index (χ2v) is 11.2. The van der Waals surface area contributed by atoms with Crippen LogP contribution in [0.4, 0.5) is 9.80 Å². The molecular weight excluding hydrogens is 540 g/mol. The summed E-state index contributed by atoms with van der Waals surface area (Å²) in [7, 11) is 1.64. The van der Waals surface area contributed by atoms with E-state index >= 15 is 0 Å². The number of anilines is 1. The van der Waals surface area contributed by atoms with Gasteiger partial charge in [-0.05, 0) is 44.0 Å². The van der Waals surface area contributed by atoms with E-state index < -0.39 is 6.09 Å². The lowest BCUT2D eigenvalue weighted by molar-refractivity contribution is -0.116. The van der Waals surface area contributed by atoms with Gasteiger partial charge in [0, 0.05) is 47.6 Å². The average molecular weight is 568 g/mol. The van der Waals surface area contributed by atoms with Crippen molar-refractivity contribution in [2.24, 2.45) is 0 Å². The average Bonchev–Trinajstić information content (AvgIpc) is 3.33. The van der Waals surface area contributed by atoms with Gasteiger partial charge in [-0.25, -0.2) is 9.78 Å². The number of aromatic nitrogens is 1. The SMILES string of the molecule is COCCNCCC(=O)Nc1sc2c(c1-c1nc3cc(Br)ccc3s1)CC(C)N(C(=O)O)C2C. The molecule has 11 heteroatoms. The number of nitrogens with zero attached hydrogens (tertiary/aromatic N) is 2. The van der Waals surface area contributed by atoms with Gasteiger partial charge in [0.25, 0.3) is 0 Å². The van der Waals surface area contributed by atoms with E-state index in [-0.39, 0.29) is 18.0 Å². The van der Waals surface area contributed by atoms with Crippen LogP contribution in [0.25, 0.3) is 20.8 Å². The number of carbonyl (C=O) groups is 2. The minimum atomic E-state index is -0.932. The van der Waals surface area contributed by atoms with E-state index in [0.717, 1.165) is 40.7 Å². The second kappa shape index (κ2) is 10.7. The lowest BCUT2D eigenvalue weighted by atomic mass is 9.93. The van der Waals surface area contributed by atoms with Crippen LogP contribution in [0.5, 0.6) is 0 Å². The third kappa shape index (κ3) is 5.13. The Morgan fingerprint density at radius 1 is 1.29 bits per heavy atom. The first kappa shape index (κ1) is 25.1. The van der Waals surface area contributed by atoms with Gasteiger partial charge in [0.15, 0.2) is 0 Å². The summed E-state index contributed by atoms with van der Waals surface area (Å²) in [5.41, 5.74) is 2.88. The van der Waals surface area contributed by atoms with Crippen LogP contribution in [-0.4, -0.2) is 59.8 Å². The molecule has 3 aromatic rings. The highest BCUT2D eigenvalue weighted by Crippen LogP contribution is 2.49. The van der Waals surface area contributed by atoms with Gasteiger partial charge in [0.05, 0.1) is 22.9 Å². The summed E-state index contributed by atoms with van der Waals surface area (Å²) in [4.78, 5) is 32.0. The Morgan fingerprint density at radius 2 is 2.09 bits per heavy atom. The van der Waals surface area contributed by atoms with Gasteiger partial charge in [-0.2, -0.15) is 0 Å². The monoisotopic (exact) mass is 566 g/mol. The van der Waals surface area contributed by atoms with Crippen molar-refractivity contribution in [1.82, 2.24) is 15.2 Å². The molecule has 8 nitrogen and oxygen atoms in total. The maximum absolute atomic E-state index is 12.8. The minimum absolute atomic E-state index is 0.0931. The molecule has 2 atom stereocenters. The number of rotatable bonds is 8. The number of nitrogens with one attached hydrogen (secondary N) is 2. The van der Waals surface area contributed by atoms with Crippen LogP contribution in [0.1, 0.15) is 36.8 Å². The molecule has 1 aliphatic heterocycles. The molecule has 2 unspecified atom stereocenters. The predicted molar refractivity (Wildman–Crippen MR) is 140 cm³/mol. The number of fused-ring (bicyclic) bond motifs is 2. The van der Waals surface area contributed by atoms with Crippen LogP contribution in [0, 0.1) is 0 Å². The molecular formula is C23H27BrN4O4S2. The molecule has 0 fully saturated rings. The van der Waals surface area contributed by atoms with Crippen molar-refractivity contribution in [3.05, 3.63) is 33.1 Å². The number of hydrogen-bond acceptors (Lipinski definition) is 7. The highest BCUT2D eigenvalue weighted by Gasteiger charge is 2.37. The molecule has 1 aliphatic rings. The van der Waals surface area contributed by atoms with Gasteiger partial charge in [-0.3, -0.25) is 9.69 Å². The zero-order valence-corrected chi connectivity index (χ0v) is 22.4. The Morgan fingerprint density at radius 3 is 2.82 bits per heavy atom. The molecule has 34 heavy (non-hydrogen) atoms. The summed E-state index contributed by atoms with van der Waals surface area (Å²) in [6.45, 7) is 5.65. The van der Waals surface area contributed by atoms with E-state index in [2.05, 4.69) is 26.6 Å². The number of halogens is 1. The highest BCUT2D eigenvalue weighted by atomic mass is 79.9. The van der Waals surface area contributed by atoms with Crippen molar-refractivity contribution in [2.45, 2.75) is 38.8 Å². The first-order valence-electron chi connectivity index (χ1n) is 11.0. The van der Waals surface area contributed by atoms with Crippen molar-refractivity contribution >= 4 is 65.8 Å². The Labute approximate surface area is 214 Å². The zero-order valence-electron chi connectivity index (χ0n) is 19.2.